The first-order valence-electron chi connectivity index (χ1n) is 13.2. The summed E-state index contributed by atoms with van der Waals surface area (Å²) < 4.78 is 20.7. The average Bonchev–Trinajstić information content (AvgIpc) is 3.64. The van der Waals surface area contributed by atoms with Crippen LogP contribution >= 0.6 is 0 Å². The van der Waals surface area contributed by atoms with E-state index in [0.29, 0.717) is 41.0 Å². The molecule has 1 aromatic heterocycles. The summed E-state index contributed by atoms with van der Waals surface area (Å²) >= 11 is 0. The number of carbonyl (C=O) groups is 1. The van der Waals surface area contributed by atoms with Crippen molar-refractivity contribution >= 4 is 5.91 Å². The van der Waals surface area contributed by atoms with Gasteiger partial charge in [0.2, 0.25) is 5.89 Å². The molecule has 1 unspecified atom stereocenters. The van der Waals surface area contributed by atoms with E-state index in [-0.39, 0.29) is 23.4 Å². The molecule has 1 fully saturated rings. The van der Waals surface area contributed by atoms with Gasteiger partial charge < -0.3 is 15.1 Å². The standard InChI is InChI=1S/C33H29FN4O2/c1-3-9-26-12-8-15-38(26)32(39)25-17-23(27-13-7-14-29(34)28(27)20-35)16-24(18-25)31-37-21-30(40-31)33(2,36)19-22-10-5-4-6-11-22/h4-7,10-11,13-14,16-18,21,26H,8,12,15,19,36H2,1-2H3/t26?,33-/m1/s1. The number of hydrogen-bond donors (Lipinski definition) is 1. The number of rotatable bonds is 6. The largest absolute Gasteiger partial charge is 0.439 e. The molecule has 0 bridgehead atoms. The van der Waals surface area contributed by atoms with Crippen LogP contribution in [0.15, 0.2) is 77.3 Å². The van der Waals surface area contributed by atoms with Crippen molar-refractivity contribution in [3.05, 3.63) is 101 Å². The topological polar surface area (TPSA) is 96.2 Å². The monoisotopic (exact) mass is 532 g/mol. The van der Waals surface area contributed by atoms with Crippen LogP contribution in [0, 0.1) is 29.0 Å². The van der Waals surface area contributed by atoms with E-state index in [2.05, 4.69) is 16.8 Å². The number of halogens is 1. The number of nitrogens with two attached hydrogens (primary N) is 1. The highest BCUT2D eigenvalue weighted by Gasteiger charge is 2.30. The predicted octanol–water partition coefficient (Wildman–Crippen LogP) is 6.06. The van der Waals surface area contributed by atoms with Gasteiger partial charge >= 0.3 is 0 Å². The van der Waals surface area contributed by atoms with Crippen LogP contribution in [0.1, 0.15) is 53.9 Å². The molecule has 7 heteroatoms. The van der Waals surface area contributed by atoms with Crippen molar-refractivity contribution in [2.75, 3.05) is 6.54 Å². The molecule has 2 heterocycles. The summed E-state index contributed by atoms with van der Waals surface area (Å²) in [5.41, 5.74) is 8.58. The lowest BCUT2D eigenvalue weighted by atomic mass is 9.92. The number of likely N-dealkylation sites (tertiary alicyclic amines) is 1. The number of nitrogens with zero attached hydrogens (tertiary/aromatic N) is 3. The molecule has 6 nitrogen and oxygen atoms in total. The Morgan fingerprint density at radius 3 is 2.70 bits per heavy atom. The number of carbonyl (C=O) groups excluding carboxylic acids is 1. The van der Waals surface area contributed by atoms with E-state index in [9.17, 15) is 14.4 Å². The molecule has 2 N–H and O–H groups in total. The molecule has 0 saturated carbocycles. The van der Waals surface area contributed by atoms with Gasteiger partial charge in [-0.25, -0.2) is 9.37 Å². The van der Waals surface area contributed by atoms with Crippen molar-refractivity contribution in [2.24, 2.45) is 5.73 Å². The first-order chi connectivity index (χ1) is 19.3. The van der Waals surface area contributed by atoms with Gasteiger partial charge in [0.25, 0.3) is 5.91 Å². The zero-order chi connectivity index (χ0) is 28.3. The van der Waals surface area contributed by atoms with E-state index in [1.54, 1.807) is 48.4 Å². The lowest BCUT2D eigenvalue weighted by molar-refractivity contribution is 0.0766. The van der Waals surface area contributed by atoms with Crippen molar-refractivity contribution in [2.45, 2.75) is 44.7 Å². The zero-order valence-corrected chi connectivity index (χ0v) is 22.4. The summed E-state index contributed by atoms with van der Waals surface area (Å²) in [4.78, 5) is 20.0. The minimum Gasteiger partial charge on any atom is -0.439 e. The maximum Gasteiger partial charge on any atom is 0.254 e. The molecule has 1 saturated heterocycles. The first kappa shape index (κ1) is 26.9. The lowest BCUT2D eigenvalue weighted by Crippen LogP contribution is -2.35. The molecule has 1 amide bonds. The highest BCUT2D eigenvalue weighted by molar-refractivity contribution is 5.97. The molecular formula is C33H29FN4O2. The fourth-order valence-corrected chi connectivity index (χ4v) is 5.18. The molecule has 3 aromatic carbocycles. The quantitative estimate of drug-likeness (QED) is 0.304. The molecule has 4 aromatic rings. The van der Waals surface area contributed by atoms with Crippen LogP contribution in [0.4, 0.5) is 4.39 Å². The molecule has 0 aliphatic carbocycles. The van der Waals surface area contributed by atoms with E-state index >= 15 is 0 Å². The molecule has 5 rings (SSSR count). The maximum atomic E-state index is 14.6. The minimum absolute atomic E-state index is 0.0977. The Labute approximate surface area is 233 Å². The van der Waals surface area contributed by atoms with Crippen LogP contribution in [-0.4, -0.2) is 28.4 Å². The first-order valence-corrected chi connectivity index (χ1v) is 13.2. The van der Waals surface area contributed by atoms with Gasteiger partial charge in [0.15, 0.2) is 0 Å². The molecule has 40 heavy (non-hydrogen) atoms. The van der Waals surface area contributed by atoms with Gasteiger partial charge in [0.1, 0.15) is 17.6 Å². The molecular weight excluding hydrogens is 503 g/mol. The summed E-state index contributed by atoms with van der Waals surface area (Å²) in [7, 11) is 0. The highest BCUT2D eigenvalue weighted by Crippen LogP contribution is 2.34. The molecule has 1 aliphatic heterocycles. The smallest absolute Gasteiger partial charge is 0.254 e. The van der Waals surface area contributed by atoms with Gasteiger partial charge in [0.05, 0.1) is 23.3 Å². The number of nitriles is 1. The maximum absolute atomic E-state index is 14.6. The van der Waals surface area contributed by atoms with Crippen LogP contribution in [0.3, 0.4) is 0 Å². The van der Waals surface area contributed by atoms with E-state index in [0.717, 1.165) is 18.4 Å². The Morgan fingerprint density at radius 1 is 1.18 bits per heavy atom. The van der Waals surface area contributed by atoms with Gasteiger partial charge in [-0.15, -0.1) is 5.92 Å². The Balaban J connectivity index is 1.58. The number of benzene rings is 3. The molecule has 0 spiro atoms. The van der Waals surface area contributed by atoms with Gasteiger partial charge in [-0.05, 0) is 68.5 Å². The van der Waals surface area contributed by atoms with Crippen LogP contribution in [0.25, 0.3) is 22.6 Å². The number of aromatic nitrogens is 1. The van der Waals surface area contributed by atoms with Crippen molar-refractivity contribution in [1.29, 1.82) is 5.26 Å². The SMILES string of the molecule is CC#CC1CCCN1C(=O)c1cc(-c2ncc([C@](C)(N)Cc3ccccc3)o2)cc(-c2cccc(F)c2C#N)c1. The average molecular weight is 533 g/mol. The van der Waals surface area contributed by atoms with E-state index < -0.39 is 11.4 Å². The third-order valence-electron chi connectivity index (χ3n) is 7.17. The summed E-state index contributed by atoms with van der Waals surface area (Å²) in [5, 5.41) is 9.68. The second-order valence-electron chi connectivity index (χ2n) is 10.2. The second kappa shape index (κ2) is 11.2. The predicted molar refractivity (Wildman–Crippen MR) is 151 cm³/mol. The Bertz CT molecular complexity index is 1660. The summed E-state index contributed by atoms with van der Waals surface area (Å²) in [6.45, 7) is 4.23. The third kappa shape index (κ3) is 5.38. The fourth-order valence-electron chi connectivity index (χ4n) is 5.18. The van der Waals surface area contributed by atoms with Gasteiger partial charge in [-0.3, -0.25) is 4.79 Å². The normalized spacial score (nSPS) is 16.1. The summed E-state index contributed by atoms with van der Waals surface area (Å²) in [6, 6.07) is 21.3. The third-order valence-corrected chi connectivity index (χ3v) is 7.17. The van der Waals surface area contributed by atoms with Crippen molar-refractivity contribution in [3.63, 3.8) is 0 Å². The number of amides is 1. The highest BCUT2D eigenvalue weighted by atomic mass is 19.1. The van der Waals surface area contributed by atoms with Crippen LogP contribution in [-0.2, 0) is 12.0 Å². The molecule has 1 aliphatic rings. The van der Waals surface area contributed by atoms with Crippen LogP contribution in [0.5, 0.6) is 0 Å². The van der Waals surface area contributed by atoms with Crippen LogP contribution in [0.2, 0.25) is 0 Å². The van der Waals surface area contributed by atoms with Gasteiger partial charge in [-0.2, -0.15) is 5.26 Å². The van der Waals surface area contributed by atoms with E-state index in [4.69, 9.17) is 10.2 Å². The summed E-state index contributed by atoms with van der Waals surface area (Å²) in [6.07, 6.45) is 3.81. The molecule has 2 atom stereocenters. The van der Waals surface area contributed by atoms with Crippen molar-refractivity contribution < 1.29 is 13.6 Å². The summed E-state index contributed by atoms with van der Waals surface area (Å²) in [5.74, 6) is 5.98. The Morgan fingerprint density at radius 2 is 1.95 bits per heavy atom. The number of hydrogen-bond acceptors (Lipinski definition) is 5. The van der Waals surface area contributed by atoms with E-state index in [1.807, 2.05) is 43.3 Å². The minimum atomic E-state index is -0.832. The second-order valence-corrected chi connectivity index (χ2v) is 10.2. The van der Waals surface area contributed by atoms with Crippen molar-refractivity contribution in [1.82, 2.24) is 9.88 Å². The van der Waals surface area contributed by atoms with E-state index in [1.165, 1.54) is 6.07 Å². The zero-order valence-electron chi connectivity index (χ0n) is 22.4. The van der Waals surface area contributed by atoms with Crippen molar-refractivity contribution in [3.8, 4) is 40.5 Å². The Kier molecular flexibility index (Phi) is 7.51. The van der Waals surface area contributed by atoms with Crippen LogP contribution < -0.4 is 5.73 Å². The Hall–Kier alpha value is -4.72. The van der Waals surface area contributed by atoms with Gasteiger partial charge in [0, 0.05) is 23.2 Å². The molecule has 200 valence electrons. The molecule has 0 radical (unpaired) electrons. The van der Waals surface area contributed by atoms with Gasteiger partial charge in [-0.1, -0.05) is 48.4 Å². The lowest BCUT2D eigenvalue weighted by Gasteiger charge is -2.22. The number of oxazole rings is 1. The fraction of sp³-hybridized carbons (Fsp3) is 0.242.